The Morgan fingerprint density at radius 2 is 1.97 bits per heavy atom. The van der Waals surface area contributed by atoms with Crippen molar-refractivity contribution >= 4 is 44.6 Å². The number of fused-ring (bicyclic) bond motifs is 1. The second-order valence-corrected chi connectivity index (χ2v) is 8.42. The predicted molar refractivity (Wildman–Crippen MR) is 106 cm³/mol. The van der Waals surface area contributed by atoms with E-state index >= 15 is 0 Å². The van der Waals surface area contributed by atoms with Crippen LogP contribution in [0.15, 0.2) is 11.0 Å². The number of imidazole rings is 1. The van der Waals surface area contributed by atoms with Crippen LogP contribution in [0.2, 0.25) is 5.15 Å². The first kappa shape index (κ1) is 20.7. The molecule has 0 unspecified atom stereocenters. The highest BCUT2D eigenvalue weighted by Gasteiger charge is 2.30. The van der Waals surface area contributed by atoms with Gasteiger partial charge in [-0.1, -0.05) is 11.6 Å². The summed E-state index contributed by atoms with van der Waals surface area (Å²) in [6, 6.07) is 0. The number of nitrogens with zero attached hydrogens (tertiary/aromatic N) is 5. The van der Waals surface area contributed by atoms with E-state index in [-0.39, 0.29) is 28.0 Å². The van der Waals surface area contributed by atoms with Gasteiger partial charge in [0.2, 0.25) is 21.9 Å². The van der Waals surface area contributed by atoms with Crippen molar-refractivity contribution in [3.63, 3.8) is 0 Å². The molecule has 0 radical (unpaired) electrons. The summed E-state index contributed by atoms with van der Waals surface area (Å²) >= 11 is 6.01. The third-order valence-electron chi connectivity index (χ3n) is 4.28. The molecule has 0 saturated carbocycles. The molecule has 11 nitrogen and oxygen atoms in total. The van der Waals surface area contributed by atoms with Gasteiger partial charge in [-0.15, -0.1) is 0 Å². The standard InChI is InChI=1S/C16H17ClN6O5S/c1-7-5-19-10(8(2)12(7)28-4)6-29(26,27)23-14-11(13(17)20-15(18)21-14)22(9(3)24)16(23)25/h5H,6H2,1-4H3,(H2,18,20,21). The maximum absolute atomic E-state index is 13.1. The zero-order valence-corrected chi connectivity index (χ0v) is 17.5. The van der Waals surface area contributed by atoms with Gasteiger partial charge in [0.1, 0.15) is 17.0 Å². The molecule has 0 amide bonds. The molecule has 3 heterocycles. The number of methoxy groups -OCH3 is 1. The normalized spacial score (nSPS) is 11.8. The number of pyridine rings is 1. The number of rotatable bonds is 4. The van der Waals surface area contributed by atoms with Gasteiger partial charge >= 0.3 is 5.69 Å². The minimum atomic E-state index is -4.37. The zero-order valence-electron chi connectivity index (χ0n) is 15.9. The molecular formula is C16H17ClN6O5S. The third kappa shape index (κ3) is 3.34. The van der Waals surface area contributed by atoms with Crippen LogP contribution in [0.25, 0.3) is 11.2 Å². The molecule has 0 aromatic carbocycles. The SMILES string of the molecule is COc1c(C)cnc(CS(=O)(=O)n2c(=O)n(C(C)=O)c3c(Cl)nc(N)nc32)c1C. The van der Waals surface area contributed by atoms with Gasteiger partial charge in [-0.05, 0) is 13.8 Å². The summed E-state index contributed by atoms with van der Waals surface area (Å²) in [6.45, 7) is 4.51. The molecule has 3 rings (SSSR count). The number of carbonyl (C=O) groups is 1. The van der Waals surface area contributed by atoms with Crippen LogP contribution in [0.5, 0.6) is 5.75 Å². The number of aromatic nitrogens is 5. The fraction of sp³-hybridized carbons (Fsp3) is 0.312. The van der Waals surface area contributed by atoms with Crippen molar-refractivity contribution < 1.29 is 17.9 Å². The minimum Gasteiger partial charge on any atom is -0.496 e. The average Bonchev–Trinajstić information content (AvgIpc) is 2.91. The van der Waals surface area contributed by atoms with E-state index in [0.29, 0.717) is 19.9 Å². The van der Waals surface area contributed by atoms with Gasteiger partial charge in [0.05, 0.1) is 12.8 Å². The smallest absolute Gasteiger partial charge is 0.351 e. The maximum Gasteiger partial charge on any atom is 0.351 e. The van der Waals surface area contributed by atoms with E-state index in [2.05, 4.69) is 15.0 Å². The Kier molecular flexibility index (Phi) is 5.09. The summed E-state index contributed by atoms with van der Waals surface area (Å²) in [5.74, 6) is -1.26. The molecule has 0 aliphatic heterocycles. The molecule has 3 aromatic rings. The highest BCUT2D eigenvalue weighted by molar-refractivity contribution is 7.89. The lowest BCUT2D eigenvalue weighted by atomic mass is 10.1. The molecule has 29 heavy (non-hydrogen) atoms. The molecule has 0 atom stereocenters. The first-order valence-electron chi connectivity index (χ1n) is 8.19. The van der Waals surface area contributed by atoms with Crippen LogP contribution in [0.3, 0.4) is 0 Å². The summed E-state index contributed by atoms with van der Waals surface area (Å²) in [6.07, 6.45) is 1.47. The average molecular weight is 441 g/mol. The molecule has 0 aliphatic rings. The number of ether oxygens (including phenoxy) is 1. The Labute approximate surface area is 170 Å². The van der Waals surface area contributed by atoms with Gasteiger partial charge in [-0.3, -0.25) is 9.78 Å². The molecule has 154 valence electrons. The Morgan fingerprint density at radius 3 is 2.55 bits per heavy atom. The van der Waals surface area contributed by atoms with Gasteiger partial charge in [0.25, 0.3) is 0 Å². The summed E-state index contributed by atoms with van der Waals surface area (Å²) < 4.78 is 32.6. The summed E-state index contributed by atoms with van der Waals surface area (Å²) in [7, 11) is -2.91. The lowest BCUT2D eigenvalue weighted by Crippen LogP contribution is -2.32. The number of halogens is 1. The van der Waals surface area contributed by atoms with E-state index in [9.17, 15) is 18.0 Å². The number of nitrogens with two attached hydrogens (primary N) is 1. The first-order chi connectivity index (χ1) is 13.5. The number of hydrogen-bond acceptors (Lipinski definition) is 9. The lowest BCUT2D eigenvalue weighted by molar-refractivity contribution is 0.0937. The van der Waals surface area contributed by atoms with E-state index in [1.807, 2.05) is 0 Å². The van der Waals surface area contributed by atoms with E-state index < -0.39 is 27.4 Å². The van der Waals surface area contributed by atoms with Crippen molar-refractivity contribution in [3.8, 4) is 5.75 Å². The highest BCUT2D eigenvalue weighted by Crippen LogP contribution is 2.27. The number of nitrogen functional groups attached to an aromatic ring is 1. The summed E-state index contributed by atoms with van der Waals surface area (Å²) in [5, 5.41) is -0.319. The summed E-state index contributed by atoms with van der Waals surface area (Å²) in [4.78, 5) is 36.5. The van der Waals surface area contributed by atoms with Gasteiger partial charge in [-0.2, -0.15) is 13.9 Å². The number of hydrogen-bond donors (Lipinski definition) is 1. The quantitative estimate of drug-likeness (QED) is 0.582. The fourth-order valence-corrected chi connectivity index (χ4v) is 4.77. The van der Waals surface area contributed by atoms with Crippen molar-refractivity contribution in [1.29, 1.82) is 0 Å². The van der Waals surface area contributed by atoms with E-state index in [1.54, 1.807) is 13.8 Å². The topological polar surface area (TPSA) is 152 Å². The highest BCUT2D eigenvalue weighted by atomic mass is 35.5. The van der Waals surface area contributed by atoms with Crippen LogP contribution in [-0.2, 0) is 15.8 Å². The van der Waals surface area contributed by atoms with Gasteiger partial charge in [-0.25, -0.2) is 17.8 Å². The van der Waals surface area contributed by atoms with Crippen molar-refractivity contribution in [1.82, 2.24) is 23.5 Å². The Bertz CT molecular complexity index is 1330. The summed E-state index contributed by atoms with van der Waals surface area (Å²) in [5.41, 5.74) is 5.19. The zero-order chi connectivity index (χ0) is 21.7. The minimum absolute atomic E-state index is 0.177. The van der Waals surface area contributed by atoms with Crippen molar-refractivity contribution in [3.05, 3.63) is 38.7 Å². The first-order valence-corrected chi connectivity index (χ1v) is 10.2. The van der Waals surface area contributed by atoms with Crippen molar-refractivity contribution in [2.45, 2.75) is 26.5 Å². The Balaban J connectivity index is 2.30. The van der Waals surface area contributed by atoms with E-state index in [1.165, 1.54) is 13.3 Å². The molecule has 0 saturated heterocycles. The van der Waals surface area contributed by atoms with Crippen LogP contribution in [0.1, 0.15) is 28.5 Å². The molecule has 0 aliphatic carbocycles. The molecule has 0 spiro atoms. The Hall–Kier alpha value is -2.99. The van der Waals surface area contributed by atoms with Gasteiger partial charge < -0.3 is 10.5 Å². The molecule has 0 bridgehead atoms. The van der Waals surface area contributed by atoms with Crippen molar-refractivity contribution in [2.75, 3.05) is 12.8 Å². The maximum atomic E-state index is 13.1. The Morgan fingerprint density at radius 1 is 1.31 bits per heavy atom. The molecule has 13 heteroatoms. The van der Waals surface area contributed by atoms with Crippen LogP contribution in [0.4, 0.5) is 5.95 Å². The van der Waals surface area contributed by atoms with Crippen LogP contribution >= 0.6 is 11.6 Å². The number of carbonyl (C=O) groups excluding carboxylic acids is 1. The van der Waals surface area contributed by atoms with E-state index in [0.717, 1.165) is 12.5 Å². The molecule has 2 N–H and O–H groups in total. The van der Waals surface area contributed by atoms with Crippen LogP contribution in [0, 0.1) is 13.8 Å². The van der Waals surface area contributed by atoms with Crippen molar-refractivity contribution in [2.24, 2.45) is 0 Å². The second kappa shape index (κ2) is 7.12. The fourth-order valence-electron chi connectivity index (χ4n) is 3.04. The lowest BCUT2D eigenvalue weighted by Gasteiger charge is -2.12. The van der Waals surface area contributed by atoms with Gasteiger partial charge in [0.15, 0.2) is 10.8 Å². The van der Waals surface area contributed by atoms with Crippen LogP contribution < -0.4 is 16.2 Å². The van der Waals surface area contributed by atoms with Gasteiger partial charge in [0, 0.05) is 24.2 Å². The predicted octanol–water partition coefficient (Wildman–Crippen LogP) is 0.887. The largest absolute Gasteiger partial charge is 0.496 e. The van der Waals surface area contributed by atoms with E-state index in [4.69, 9.17) is 22.1 Å². The van der Waals surface area contributed by atoms with Crippen LogP contribution in [-0.4, -0.2) is 44.9 Å². The molecule has 0 fully saturated rings. The molecular weight excluding hydrogens is 424 g/mol. The molecule has 3 aromatic heterocycles. The monoisotopic (exact) mass is 440 g/mol. The number of aryl methyl sites for hydroxylation is 1. The second-order valence-electron chi connectivity index (χ2n) is 6.25. The third-order valence-corrected chi connectivity index (χ3v) is 6.07. The number of anilines is 1.